The number of anilines is 1. The van der Waals surface area contributed by atoms with Gasteiger partial charge in [-0.25, -0.2) is 9.97 Å². The maximum Gasteiger partial charge on any atom is 0.179 e. The second-order valence-corrected chi connectivity index (χ2v) is 2.49. The molecule has 5 heteroatoms. The van der Waals surface area contributed by atoms with Crippen LogP contribution in [0.15, 0.2) is 12.1 Å². The molecule has 2 rings (SSSR count). The summed E-state index contributed by atoms with van der Waals surface area (Å²) in [5.74, 6) is 1.20. The van der Waals surface area contributed by atoms with Crippen molar-refractivity contribution in [3.05, 3.63) is 18.0 Å². The van der Waals surface area contributed by atoms with E-state index in [0.29, 0.717) is 18.0 Å². The molecule has 0 unspecified atom stereocenters. The minimum absolute atomic E-state index is 0.385. The highest BCUT2D eigenvalue weighted by Gasteiger charge is 2.01. The highest BCUT2D eigenvalue weighted by atomic mass is 15.0. The van der Waals surface area contributed by atoms with E-state index in [2.05, 4.69) is 15.0 Å². The lowest BCUT2D eigenvalue weighted by molar-refractivity contribution is 0.956. The monoisotopic (exact) mass is 163 g/mol. The van der Waals surface area contributed by atoms with E-state index in [1.807, 2.05) is 6.07 Å². The van der Waals surface area contributed by atoms with E-state index in [-0.39, 0.29) is 0 Å². The standard InChI is InChI=1S/C7H9N5/c8-3-6-10-4-1-2-5(9)11-7(4)12-6/h1-2H,3,8H2,(H3,9,10,11,12). The Morgan fingerprint density at radius 1 is 1.33 bits per heavy atom. The van der Waals surface area contributed by atoms with E-state index in [1.165, 1.54) is 0 Å². The molecule has 0 bridgehead atoms. The summed E-state index contributed by atoms with van der Waals surface area (Å²) in [5, 5.41) is 0. The molecule has 62 valence electrons. The maximum atomic E-state index is 5.48. The van der Waals surface area contributed by atoms with Crippen molar-refractivity contribution in [2.45, 2.75) is 6.54 Å². The van der Waals surface area contributed by atoms with Crippen molar-refractivity contribution in [2.75, 3.05) is 5.73 Å². The molecule has 0 aliphatic carbocycles. The number of aromatic amines is 1. The molecule has 5 nitrogen and oxygen atoms in total. The summed E-state index contributed by atoms with van der Waals surface area (Å²) in [7, 11) is 0. The van der Waals surface area contributed by atoms with Crippen molar-refractivity contribution in [3.63, 3.8) is 0 Å². The second kappa shape index (κ2) is 2.46. The van der Waals surface area contributed by atoms with Crippen molar-refractivity contribution in [1.29, 1.82) is 0 Å². The van der Waals surface area contributed by atoms with Gasteiger partial charge in [0.15, 0.2) is 5.65 Å². The Hall–Kier alpha value is -1.62. The van der Waals surface area contributed by atoms with Gasteiger partial charge in [-0.1, -0.05) is 0 Å². The number of rotatable bonds is 1. The summed E-state index contributed by atoms with van der Waals surface area (Å²) in [5.41, 5.74) is 12.4. The Labute approximate surface area is 68.8 Å². The average Bonchev–Trinajstić information content (AvgIpc) is 2.46. The zero-order chi connectivity index (χ0) is 8.55. The summed E-state index contributed by atoms with van der Waals surface area (Å²) in [4.78, 5) is 11.2. The lowest BCUT2D eigenvalue weighted by Crippen LogP contribution is -1.97. The molecule has 0 aromatic carbocycles. The third-order valence-corrected chi connectivity index (χ3v) is 1.61. The number of imidazole rings is 1. The van der Waals surface area contributed by atoms with Crippen molar-refractivity contribution >= 4 is 17.0 Å². The topological polar surface area (TPSA) is 93.6 Å². The van der Waals surface area contributed by atoms with Gasteiger partial charge < -0.3 is 16.5 Å². The molecule has 0 atom stereocenters. The summed E-state index contributed by atoms with van der Waals surface area (Å²) in [6, 6.07) is 3.56. The molecule has 0 aliphatic heterocycles. The van der Waals surface area contributed by atoms with Gasteiger partial charge in [0.05, 0.1) is 12.1 Å². The minimum Gasteiger partial charge on any atom is -0.384 e. The molecule has 0 saturated heterocycles. The van der Waals surface area contributed by atoms with Crippen LogP contribution in [-0.4, -0.2) is 15.0 Å². The molecule has 2 aromatic rings. The van der Waals surface area contributed by atoms with Gasteiger partial charge in [-0.2, -0.15) is 0 Å². The number of aromatic nitrogens is 3. The molecule has 0 amide bonds. The molecule has 0 radical (unpaired) electrons. The Morgan fingerprint density at radius 2 is 2.17 bits per heavy atom. The number of nitrogens with two attached hydrogens (primary N) is 2. The van der Waals surface area contributed by atoms with Crippen molar-refractivity contribution in [3.8, 4) is 0 Å². The molecule has 0 fully saturated rings. The first kappa shape index (κ1) is 7.05. The first-order chi connectivity index (χ1) is 5.79. The van der Waals surface area contributed by atoms with Crippen molar-refractivity contribution < 1.29 is 0 Å². The fourth-order valence-electron chi connectivity index (χ4n) is 1.05. The highest BCUT2D eigenvalue weighted by Crippen LogP contribution is 2.09. The zero-order valence-electron chi connectivity index (χ0n) is 6.41. The SMILES string of the molecule is NCc1nc2nc(N)ccc2[nH]1. The number of pyridine rings is 1. The van der Waals surface area contributed by atoms with Gasteiger partial charge in [-0.15, -0.1) is 0 Å². The number of hydrogen-bond donors (Lipinski definition) is 3. The van der Waals surface area contributed by atoms with E-state index in [4.69, 9.17) is 11.5 Å². The van der Waals surface area contributed by atoms with Crippen LogP contribution in [0.4, 0.5) is 5.82 Å². The maximum absolute atomic E-state index is 5.48. The predicted octanol–water partition coefficient (Wildman–Crippen LogP) is -0.00120. The van der Waals surface area contributed by atoms with E-state index in [9.17, 15) is 0 Å². The summed E-state index contributed by atoms with van der Waals surface area (Å²) in [6.45, 7) is 0.385. The van der Waals surface area contributed by atoms with E-state index >= 15 is 0 Å². The van der Waals surface area contributed by atoms with E-state index in [1.54, 1.807) is 6.07 Å². The van der Waals surface area contributed by atoms with Crippen LogP contribution < -0.4 is 11.5 Å². The molecule has 2 aromatic heterocycles. The quantitative estimate of drug-likeness (QED) is 0.551. The normalized spacial score (nSPS) is 10.8. The lowest BCUT2D eigenvalue weighted by Gasteiger charge is -1.88. The van der Waals surface area contributed by atoms with Crippen LogP contribution in [0.3, 0.4) is 0 Å². The van der Waals surface area contributed by atoms with Crippen LogP contribution >= 0.6 is 0 Å². The lowest BCUT2D eigenvalue weighted by atomic mass is 10.4. The van der Waals surface area contributed by atoms with Gasteiger partial charge in [-0.05, 0) is 12.1 Å². The number of hydrogen-bond acceptors (Lipinski definition) is 4. The largest absolute Gasteiger partial charge is 0.384 e. The summed E-state index contributed by atoms with van der Waals surface area (Å²) >= 11 is 0. The number of nitrogens with zero attached hydrogens (tertiary/aromatic N) is 2. The van der Waals surface area contributed by atoms with Crippen LogP contribution in [-0.2, 0) is 6.54 Å². The van der Waals surface area contributed by atoms with Crippen LogP contribution in [0, 0.1) is 0 Å². The summed E-state index contributed by atoms with van der Waals surface area (Å²) < 4.78 is 0. The molecule has 0 aliphatic rings. The molecule has 5 N–H and O–H groups in total. The van der Waals surface area contributed by atoms with Crippen LogP contribution in [0.2, 0.25) is 0 Å². The van der Waals surface area contributed by atoms with Gasteiger partial charge >= 0.3 is 0 Å². The zero-order valence-corrected chi connectivity index (χ0v) is 6.41. The number of fused-ring (bicyclic) bond motifs is 1. The smallest absolute Gasteiger partial charge is 0.179 e. The fourth-order valence-corrected chi connectivity index (χ4v) is 1.05. The predicted molar refractivity (Wildman–Crippen MR) is 46.2 cm³/mol. The third kappa shape index (κ3) is 0.998. The minimum atomic E-state index is 0.385. The fraction of sp³-hybridized carbons (Fsp3) is 0.143. The second-order valence-electron chi connectivity index (χ2n) is 2.49. The van der Waals surface area contributed by atoms with Crippen molar-refractivity contribution in [1.82, 2.24) is 15.0 Å². The Bertz CT molecular complexity index is 405. The molecular weight excluding hydrogens is 154 g/mol. The number of nitrogens with one attached hydrogen (secondary N) is 1. The van der Waals surface area contributed by atoms with Crippen LogP contribution in [0.25, 0.3) is 11.2 Å². The number of H-pyrrole nitrogens is 1. The van der Waals surface area contributed by atoms with Gasteiger partial charge in [0.2, 0.25) is 0 Å². The number of nitrogen functional groups attached to an aromatic ring is 1. The third-order valence-electron chi connectivity index (χ3n) is 1.61. The average molecular weight is 163 g/mol. The molecule has 2 heterocycles. The highest BCUT2D eigenvalue weighted by molar-refractivity contribution is 5.72. The van der Waals surface area contributed by atoms with Gasteiger partial charge in [-0.3, -0.25) is 0 Å². The Balaban J connectivity index is 2.67. The Morgan fingerprint density at radius 3 is 2.92 bits per heavy atom. The van der Waals surface area contributed by atoms with Crippen LogP contribution in [0.1, 0.15) is 5.82 Å². The van der Waals surface area contributed by atoms with Gasteiger partial charge in [0.25, 0.3) is 0 Å². The van der Waals surface area contributed by atoms with Gasteiger partial charge in [0.1, 0.15) is 11.6 Å². The van der Waals surface area contributed by atoms with E-state index in [0.717, 1.165) is 11.3 Å². The molecule has 12 heavy (non-hydrogen) atoms. The van der Waals surface area contributed by atoms with Crippen molar-refractivity contribution in [2.24, 2.45) is 5.73 Å². The summed E-state index contributed by atoms with van der Waals surface area (Å²) in [6.07, 6.45) is 0. The first-order valence-electron chi connectivity index (χ1n) is 3.61. The molecule has 0 spiro atoms. The molecule has 0 saturated carbocycles. The Kier molecular flexibility index (Phi) is 1.44. The first-order valence-corrected chi connectivity index (χ1v) is 3.61. The molecular formula is C7H9N5. The van der Waals surface area contributed by atoms with Gasteiger partial charge in [0, 0.05) is 0 Å². The van der Waals surface area contributed by atoms with E-state index < -0.39 is 0 Å². The van der Waals surface area contributed by atoms with Crippen LogP contribution in [0.5, 0.6) is 0 Å².